The summed E-state index contributed by atoms with van der Waals surface area (Å²) in [7, 11) is 0. The monoisotopic (exact) mass is 454 g/mol. The Balaban J connectivity index is 1.45. The summed E-state index contributed by atoms with van der Waals surface area (Å²) in [6.45, 7) is 7.55. The van der Waals surface area contributed by atoms with E-state index >= 15 is 0 Å². The highest BCUT2D eigenvalue weighted by Gasteiger charge is 2.30. The summed E-state index contributed by atoms with van der Waals surface area (Å²) in [5, 5.41) is 8.75. The average Bonchev–Trinajstić information content (AvgIpc) is 3.58. The molecule has 3 N–H and O–H groups in total. The van der Waals surface area contributed by atoms with Crippen LogP contribution in [0.25, 0.3) is 22.8 Å². The Morgan fingerprint density at radius 2 is 1.97 bits per heavy atom. The van der Waals surface area contributed by atoms with E-state index in [1.165, 1.54) is 5.56 Å². The van der Waals surface area contributed by atoms with Crippen molar-refractivity contribution in [3.63, 3.8) is 0 Å². The van der Waals surface area contributed by atoms with Crippen LogP contribution in [0, 0.1) is 0 Å². The summed E-state index contributed by atoms with van der Waals surface area (Å²) < 4.78 is 0. The minimum absolute atomic E-state index is 0.0675. The van der Waals surface area contributed by atoms with E-state index in [9.17, 15) is 0 Å². The van der Waals surface area contributed by atoms with Gasteiger partial charge in [-0.1, -0.05) is 48.5 Å². The van der Waals surface area contributed by atoms with Crippen molar-refractivity contribution in [1.29, 1.82) is 0 Å². The fraction of sp³-hybridized carbons (Fsp3) is 0.154. The number of hydrogen-bond acceptors (Lipinski definition) is 5. The fourth-order valence-corrected chi connectivity index (χ4v) is 4.88. The molecule has 2 aromatic carbocycles. The van der Waals surface area contributed by atoms with Crippen LogP contribution >= 0.6 is 11.6 Å². The molecule has 2 aliphatic heterocycles. The largest absolute Gasteiger partial charge is 0.361 e. The normalized spacial score (nSPS) is 18.1. The summed E-state index contributed by atoms with van der Waals surface area (Å²) >= 11 is 6.59. The molecule has 4 heterocycles. The van der Waals surface area contributed by atoms with Gasteiger partial charge in [-0.15, -0.1) is 0 Å². The lowest BCUT2D eigenvalue weighted by Gasteiger charge is -2.37. The molecule has 1 fully saturated rings. The van der Waals surface area contributed by atoms with Crippen LogP contribution in [-0.4, -0.2) is 27.5 Å². The zero-order valence-electron chi connectivity index (χ0n) is 18.1. The number of nitrogens with zero attached hydrogens (tertiary/aromatic N) is 3. The van der Waals surface area contributed by atoms with Crippen LogP contribution in [0.15, 0.2) is 73.3 Å². The lowest BCUT2D eigenvalue weighted by atomic mass is 9.95. The molecule has 1 saturated heterocycles. The fourth-order valence-electron chi connectivity index (χ4n) is 4.59. The molecule has 0 saturated carbocycles. The van der Waals surface area contributed by atoms with Gasteiger partial charge in [0.15, 0.2) is 0 Å². The quantitative estimate of drug-likeness (QED) is 0.343. The maximum atomic E-state index is 6.59. The van der Waals surface area contributed by atoms with Gasteiger partial charge in [0.2, 0.25) is 0 Å². The Bertz CT molecular complexity index is 1400. The van der Waals surface area contributed by atoms with E-state index < -0.39 is 0 Å². The van der Waals surface area contributed by atoms with Gasteiger partial charge in [0.1, 0.15) is 17.8 Å². The highest BCUT2D eigenvalue weighted by Crippen LogP contribution is 2.41. The van der Waals surface area contributed by atoms with Crippen LogP contribution in [0.2, 0.25) is 5.02 Å². The molecule has 6 rings (SSSR count). The number of anilines is 2. The van der Waals surface area contributed by atoms with Gasteiger partial charge in [0.25, 0.3) is 0 Å². The molecule has 0 bridgehead atoms. The molecule has 6 nitrogen and oxygen atoms in total. The Morgan fingerprint density at radius 1 is 1.15 bits per heavy atom. The van der Waals surface area contributed by atoms with Crippen LogP contribution < -0.4 is 15.5 Å². The van der Waals surface area contributed by atoms with E-state index in [4.69, 9.17) is 11.6 Å². The highest BCUT2D eigenvalue weighted by molar-refractivity contribution is 6.33. The third-order valence-electron chi connectivity index (χ3n) is 6.26. The summed E-state index contributed by atoms with van der Waals surface area (Å²) in [5.74, 6) is 0.814. The molecule has 2 aliphatic rings. The number of aromatic amines is 1. The summed E-state index contributed by atoms with van der Waals surface area (Å²) in [5.41, 5.74) is 6.99. The van der Waals surface area contributed by atoms with Gasteiger partial charge in [-0.25, -0.2) is 9.97 Å². The number of hydrogen-bond donors (Lipinski definition) is 3. The molecular weight excluding hydrogens is 432 g/mol. The number of halogens is 1. The first-order valence-electron chi connectivity index (χ1n) is 11.0. The van der Waals surface area contributed by atoms with E-state index in [0.717, 1.165) is 51.6 Å². The maximum Gasteiger partial charge on any atom is 0.143 e. The molecule has 2 atom stereocenters. The minimum atomic E-state index is -0.0675. The van der Waals surface area contributed by atoms with Crippen molar-refractivity contribution in [2.24, 2.45) is 0 Å². The third kappa shape index (κ3) is 3.39. The van der Waals surface area contributed by atoms with Crippen LogP contribution in [-0.2, 0) is 0 Å². The van der Waals surface area contributed by atoms with Gasteiger partial charge in [-0.2, -0.15) is 0 Å². The number of fused-ring (bicyclic) bond motifs is 2. The van der Waals surface area contributed by atoms with Crippen LogP contribution in [0.4, 0.5) is 11.5 Å². The smallest absolute Gasteiger partial charge is 0.143 e. The van der Waals surface area contributed by atoms with Gasteiger partial charge in [-0.05, 0) is 36.8 Å². The van der Waals surface area contributed by atoms with Crippen molar-refractivity contribution in [2.45, 2.75) is 19.0 Å². The highest BCUT2D eigenvalue weighted by atomic mass is 35.5. The zero-order valence-corrected chi connectivity index (χ0v) is 18.9. The van der Waals surface area contributed by atoms with Crippen molar-refractivity contribution >= 4 is 45.9 Å². The predicted molar refractivity (Wildman–Crippen MR) is 135 cm³/mol. The summed E-state index contributed by atoms with van der Waals surface area (Å²) in [6, 6.07) is 16.5. The molecule has 0 aliphatic carbocycles. The molecule has 1 unspecified atom stereocenters. The van der Waals surface area contributed by atoms with E-state index in [0.29, 0.717) is 11.1 Å². The Hall–Kier alpha value is -3.61. The molecule has 7 heteroatoms. The number of rotatable bonds is 5. The number of para-hydroxylation sites is 1. The Labute approximate surface area is 197 Å². The molecule has 164 valence electrons. The third-order valence-corrected chi connectivity index (χ3v) is 6.58. The van der Waals surface area contributed by atoms with Gasteiger partial charge >= 0.3 is 0 Å². The van der Waals surface area contributed by atoms with Crippen LogP contribution in [0.3, 0.4) is 0 Å². The molecule has 0 radical (unpaired) electrons. The van der Waals surface area contributed by atoms with E-state index in [1.54, 1.807) is 6.33 Å². The van der Waals surface area contributed by atoms with Gasteiger partial charge in [0, 0.05) is 47.0 Å². The number of benzene rings is 2. The number of aromatic nitrogens is 3. The van der Waals surface area contributed by atoms with Gasteiger partial charge < -0.3 is 20.5 Å². The molecule has 0 amide bonds. The maximum absolute atomic E-state index is 6.59. The van der Waals surface area contributed by atoms with E-state index in [1.807, 2.05) is 36.5 Å². The molecule has 0 spiro atoms. The van der Waals surface area contributed by atoms with Crippen molar-refractivity contribution in [3.05, 3.63) is 95.0 Å². The van der Waals surface area contributed by atoms with Crippen LogP contribution in [0.5, 0.6) is 0 Å². The number of nitrogens with one attached hydrogen (secondary N) is 3. The van der Waals surface area contributed by atoms with Crippen molar-refractivity contribution in [3.8, 4) is 0 Å². The first-order chi connectivity index (χ1) is 16.1. The van der Waals surface area contributed by atoms with Crippen molar-refractivity contribution in [2.75, 3.05) is 16.8 Å². The van der Waals surface area contributed by atoms with E-state index in [-0.39, 0.29) is 6.04 Å². The summed E-state index contributed by atoms with van der Waals surface area (Å²) in [6.07, 6.45) is 5.80. The van der Waals surface area contributed by atoms with Crippen molar-refractivity contribution in [1.82, 2.24) is 20.3 Å². The number of H-pyrrole nitrogens is 1. The standard InChI is InChI=1S/C26H23ClN6/c1-15(32-26-24-19(21-13-28-21)12-29-25(24)30-14-31-26)22-11-17-7-6-10-20(27)23(17)16(2)33(22)18-8-4-3-5-9-18/h3-12,14-15,21,28H,2,13H2,1H3,(H2,29,30,31,32)/t15-,21?/m0/s1. The molecular formula is C26H23ClN6. The second-order valence-corrected chi connectivity index (χ2v) is 8.81. The first-order valence-corrected chi connectivity index (χ1v) is 11.4. The van der Waals surface area contributed by atoms with Gasteiger partial charge in [0.05, 0.1) is 16.5 Å². The average molecular weight is 455 g/mol. The van der Waals surface area contributed by atoms with E-state index in [2.05, 4.69) is 68.3 Å². The molecule has 4 aromatic rings. The Kier molecular flexibility index (Phi) is 4.71. The Morgan fingerprint density at radius 3 is 2.76 bits per heavy atom. The second kappa shape index (κ2) is 7.76. The lowest BCUT2D eigenvalue weighted by molar-refractivity contribution is 0.883. The topological polar surface area (TPSA) is 78.8 Å². The first kappa shape index (κ1) is 20.0. The summed E-state index contributed by atoms with van der Waals surface area (Å²) in [4.78, 5) is 14.5. The van der Waals surface area contributed by atoms with Crippen LogP contribution in [0.1, 0.15) is 29.7 Å². The molecule has 33 heavy (non-hydrogen) atoms. The predicted octanol–water partition coefficient (Wildman–Crippen LogP) is 5.59. The molecule has 2 aromatic heterocycles. The SMILES string of the molecule is C=C1c2c(Cl)cccc2C=C([C@H](C)Nc2ncnc3[nH]cc(C4CN4)c23)N1c1ccccc1. The second-order valence-electron chi connectivity index (χ2n) is 8.41. The lowest BCUT2D eigenvalue weighted by Crippen LogP contribution is -2.34. The van der Waals surface area contributed by atoms with Crippen molar-refractivity contribution < 1.29 is 0 Å². The zero-order chi connectivity index (χ0) is 22.5. The van der Waals surface area contributed by atoms with Gasteiger partial charge in [-0.3, -0.25) is 0 Å². The minimum Gasteiger partial charge on any atom is -0.361 e.